The topological polar surface area (TPSA) is 100 Å². The molecule has 1 aromatic carbocycles. The van der Waals surface area contributed by atoms with Crippen LogP contribution >= 0.6 is 15.9 Å². The minimum absolute atomic E-state index is 0.103. The third kappa shape index (κ3) is 4.14. The number of hydrogen-bond acceptors (Lipinski definition) is 6. The summed E-state index contributed by atoms with van der Waals surface area (Å²) in [5, 5.41) is 24.3. The van der Waals surface area contributed by atoms with E-state index in [1.165, 1.54) is 31.4 Å². The van der Waals surface area contributed by atoms with E-state index < -0.39 is 23.3 Å². The number of halogens is 3. The number of aromatic nitrogens is 3. The molecule has 7 nitrogen and oxygen atoms in total. The van der Waals surface area contributed by atoms with Crippen molar-refractivity contribution in [2.75, 3.05) is 18.9 Å². The highest BCUT2D eigenvalue weighted by Gasteiger charge is 2.48. The molecule has 1 saturated carbocycles. The van der Waals surface area contributed by atoms with E-state index in [9.17, 15) is 18.7 Å². The van der Waals surface area contributed by atoms with E-state index in [1.54, 1.807) is 18.2 Å². The van der Waals surface area contributed by atoms with Crippen molar-refractivity contribution in [3.63, 3.8) is 0 Å². The summed E-state index contributed by atoms with van der Waals surface area (Å²) in [7, 11) is 1.47. The van der Waals surface area contributed by atoms with Crippen molar-refractivity contribution in [1.82, 2.24) is 20.5 Å². The molecule has 0 spiro atoms. The first-order chi connectivity index (χ1) is 15.3. The van der Waals surface area contributed by atoms with Gasteiger partial charge in [-0.15, -0.1) is 10.2 Å². The standard InChI is InChI=1S/C22H20BrF2N5O2/c1-26-21(32)15-8-12(23)7-14(19(15)31)17-4-5-18(30-29-17)28-11-22(9-13(24)10-22)20-16(25)3-2-6-27-20/h2-8,13,31H,9-11H2,1H3,(H,26,32)(H,28,30)/t13-,22-. The number of nitrogens with one attached hydrogen (secondary N) is 2. The van der Waals surface area contributed by atoms with Gasteiger partial charge in [-0.2, -0.15) is 0 Å². The molecule has 0 aliphatic heterocycles. The normalized spacial score (nSPS) is 19.8. The van der Waals surface area contributed by atoms with Gasteiger partial charge in [0.2, 0.25) is 0 Å². The summed E-state index contributed by atoms with van der Waals surface area (Å²) in [5.41, 5.74) is 0.286. The number of phenols is 1. The number of hydrogen-bond donors (Lipinski definition) is 3. The van der Waals surface area contributed by atoms with Gasteiger partial charge in [-0.25, -0.2) is 8.78 Å². The molecule has 2 heterocycles. The van der Waals surface area contributed by atoms with Crippen LogP contribution in [0.3, 0.4) is 0 Å². The molecule has 0 bridgehead atoms. The molecule has 4 rings (SSSR count). The number of phenolic OH excluding ortho intramolecular Hbond substituents is 1. The number of pyridine rings is 1. The Kier molecular flexibility index (Phi) is 6.05. The van der Waals surface area contributed by atoms with Crippen molar-refractivity contribution in [3.05, 3.63) is 64.1 Å². The molecule has 1 aliphatic rings. The summed E-state index contributed by atoms with van der Waals surface area (Å²) in [4.78, 5) is 16.1. The molecule has 3 aromatic rings. The second-order valence-corrected chi connectivity index (χ2v) is 8.62. The highest BCUT2D eigenvalue weighted by Crippen LogP contribution is 2.45. The highest BCUT2D eigenvalue weighted by atomic mass is 79.9. The van der Waals surface area contributed by atoms with Gasteiger partial charge in [0.25, 0.3) is 5.91 Å². The van der Waals surface area contributed by atoms with Gasteiger partial charge in [0.15, 0.2) is 0 Å². The number of anilines is 1. The molecule has 166 valence electrons. The third-order valence-corrected chi connectivity index (χ3v) is 6.04. The van der Waals surface area contributed by atoms with Gasteiger partial charge in [0, 0.05) is 35.2 Å². The van der Waals surface area contributed by atoms with E-state index >= 15 is 0 Å². The number of alkyl halides is 1. The van der Waals surface area contributed by atoms with E-state index in [0.29, 0.717) is 21.5 Å². The smallest absolute Gasteiger partial charge is 0.254 e. The van der Waals surface area contributed by atoms with E-state index in [2.05, 4.69) is 41.7 Å². The fourth-order valence-corrected chi connectivity index (χ4v) is 4.38. The summed E-state index contributed by atoms with van der Waals surface area (Å²) in [6.45, 7) is 0.248. The van der Waals surface area contributed by atoms with Crippen molar-refractivity contribution in [1.29, 1.82) is 0 Å². The Bertz CT molecular complexity index is 1150. The molecule has 1 amide bonds. The molecule has 10 heteroatoms. The fraction of sp³-hybridized carbons (Fsp3) is 0.273. The molecule has 2 aromatic heterocycles. The largest absolute Gasteiger partial charge is 0.506 e. The lowest BCUT2D eigenvalue weighted by Gasteiger charge is -2.44. The van der Waals surface area contributed by atoms with Crippen molar-refractivity contribution < 1.29 is 18.7 Å². The molecule has 0 unspecified atom stereocenters. The van der Waals surface area contributed by atoms with E-state index in [1.807, 2.05) is 0 Å². The number of aromatic hydroxyl groups is 1. The van der Waals surface area contributed by atoms with Gasteiger partial charge in [-0.1, -0.05) is 15.9 Å². The van der Waals surface area contributed by atoms with Gasteiger partial charge in [-0.05, 0) is 49.2 Å². The molecule has 0 saturated heterocycles. The second kappa shape index (κ2) is 8.78. The number of amides is 1. The Morgan fingerprint density at radius 2 is 2.06 bits per heavy atom. The van der Waals surface area contributed by atoms with Crippen molar-refractivity contribution in [2.45, 2.75) is 24.4 Å². The van der Waals surface area contributed by atoms with E-state index in [0.717, 1.165) is 0 Å². The first-order valence-corrected chi connectivity index (χ1v) is 10.7. The monoisotopic (exact) mass is 503 g/mol. The van der Waals surface area contributed by atoms with Crippen LogP contribution in [0.25, 0.3) is 11.3 Å². The third-order valence-electron chi connectivity index (χ3n) is 5.58. The first-order valence-electron chi connectivity index (χ1n) is 9.90. The summed E-state index contributed by atoms with van der Waals surface area (Å²) in [6.07, 6.45) is 0.847. The van der Waals surface area contributed by atoms with E-state index in [-0.39, 0.29) is 36.4 Å². The molecule has 0 radical (unpaired) electrons. The van der Waals surface area contributed by atoms with Crippen LogP contribution in [-0.2, 0) is 5.41 Å². The lowest BCUT2D eigenvalue weighted by molar-refractivity contribution is 0.0957. The maximum Gasteiger partial charge on any atom is 0.254 e. The molecular weight excluding hydrogens is 484 g/mol. The van der Waals surface area contributed by atoms with Gasteiger partial charge >= 0.3 is 0 Å². The summed E-state index contributed by atoms with van der Waals surface area (Å²) < 4.78 is 28.6. The molecule has 32 heavy (non-hydrogen) atoms. The maximum absolute atomic E-state index is 14.3. The van der Waals surface area contributed by atoms with Crippen LogP contribution in [0.15, 0.2) is 47.1 Å². The van der Waals surface area contributed by atoms with Crippen LogP contribution in [-0.4, -0.2) is 46.0 Å². The lowest BCUT2D eigenvalue weighted by Crippen LogP contribution is -2.49. The number of rotatable bonds is 6. The predicted molar refractivity (Wildman–Crippen MR) is 119 cm³/mol. The minimum atomic E-state index is -0.999. The highest BCUT2D eigenvalue weighted by molar-refractivity contribution is 9.10. The summed E-state index contributed by atoms with van der Waals surface area (Å²) in [6, 6.07) is 9.25. The quantitative estimate of drug-likeness (QED) is 0.470. The predicted octanol–water partition coefficient (Wildman–Crippen LogP) is 3.99. The number of carbonyl (C=O) groups is 1. The summed E-state index contributed by atoms with van der Waals surface area (Å²) in [5.74, 6) is -0.696. The molecular formula is C22H20BrF2N5O2. The zero-order valence-corrected chi connectivity index (χ0v) is 18.7. The Balaban J connectivity index is 1.55. The van der Waals surface area contributed by atoms with Crippen LogP contribution in [0.1, 0.15) is 28.9 Å². The number of benzene rings is 1. The van der Waals surface area contributed by atoms with E-state index in [4.69, 9.17) is 0 Å². The molecule has 0 atom stereocenters. The van der Waals surface area contributed by atoms with Crippen LogP contribution < -0.4 is 10.6 Å². The van der Waals surface area contributed by atoms with Crippen molar-refractivity contribution >= 4 is 27.7 Å². The minimum Gasteiger partial charge on any atom is -0.506 e. The Hall–Kier alpha value is -3.14. The molecule has 3 N–H and O–H groups in total. The van der Waals surface area contributed by atoms with Crippen LogP contribution in [0, 0.1) is 5.82 Å². The molecule has 1 fully saturated rings. The van der Waals surface area contributed by atoms with Gasteiger partial charge in [-0.3, -0.25) is 9.78 Å². The maximum atomic E-state index is 14.3. The number of nitrogens with zero attached hydrogens (tertiary/aromatic N) is 3. The van der Waals surface area contributed by atoms with Gasteiger partial charge in [0.1, 0.15) is 23.6 Å². The average molecular weight is 504 g/mol. The molecule has 1 aliphatic carbocycles. The van der Waals surface area contributed by atoms with Crippen LogP contribution in [0.4, 0.5) is 14.6 Å². The zero-order chi connectivity index (χ0) is 22.9. The van der Waals surface area contributed by atoms with Crippen molar-refractivity contribution in [2.24, 2.45) is 0 Å². The Morgan fingerprint density at radius 1 is 1.28 bits per heavy atom. The van der Waals surface area contributed by atoms with Gasteiger partial charge < -0.3 is 15.7 Å². The number of carbonyl (C=O) groups excluding carboxylic acids is 1. The van der Waals surface area contributed by atoms with Crippen LogP contribution in [0.2, 0.25) is 0 Å². The lowest BCUT2D eigenvalue weighted by atomic mass is 9.65. The average Bonchev–Trinajstić information content (AvgIpc) is 2.77. The van der Waals surface area contributed by atoms with Gasteiger partial charge in [0.05, 0.1) is 17.0 Å². The first kappa shape index (κ1) is 22.1. The van der Waals surface area contributed by atoms with Crippen molar-refractivity contribution in [3.8, 4) is 17.0 Å². The second-order valence-electron chi connectivity index (χ2n) is 7.71. The fourth-order valence-electron chi connectivity index (χ4n) is 3.92. The summed E-state index contributed by atoms with van der Waals surface area (Å²) >= 11 is 3.33. The zero-order valence-electron chi connectivity index (χ0n) is 17.1. The van der Waals surface area contributed by atoms with Crippen LogP contribution in [0.5, 0.6) is 5.75 Å². The Labute approximate surface area is 191 Å². The Morgan fingerprint density at radius 3 is 2.69 bits per heavy atom. The SMILES string of the molecule is CNC(=O)c1cc(Br)cc(-c2ccc(NC[C@]3(c4ncccc4F)C[C@H](F)C3)nn2)c1O.